The van der Waals surface area contributed by atoms with E-state index in [-0.39, 0.29) is 23.0 Å². The van der Waals surface area contributed by atoms with Gasteiger partial charge in [-0.3, -0.25) is 31.1 Å². The van der Waals surface area contributed by atoms with E-state index in [0.29, 0.717) is 22.9 Å². The minimum Gasteiger partial charge on any atom is -0.457 e. The molecule has 0 aliphatic carbocycles. The number of nitro groups is 2. The normalized spacial score (nSPS) is 10.2. The summed E-state index contributed by atoms with van der Waals surface area (Å²) in [5.74, 6) is 1.17. The van der Waals surface area contributed by atoms with Crippen molar-refractivity contribution >= 4 is 34.4 Å². The van der Waals surface area contributed by atoms with E-state index in [1.54, 1.807) is 24.3 Å². The van der Waals surface area contributed by atoms with Crippen LogP contribution in [-0.2, 0) is 0 Å². The Morgan fingerprint density at radius 3 is 1.94 bits per heavy atom. The second-order valence-corrected chi connectivity index (χ2v) is 6.80. The molecule has 12 heteroatoms. The second kappa shape index (κ2) is 9.91. The van der Waals surface area contributed by atoms with Gasteiger partial charge in [0.2, 0.25) is 11.6 Å². The van der Waals surface area contributed by atoms with Crippen LogP contribution >= 0.6 is 0 Å². The summed E-state index contributed by atoms with van der Waals surface area (Å²) in [7, 11) is 0. The molecule has 0 atom stereocenters. The molecule has 0 spiro atoms. The SMILES string of the molecule is O=[N+]([O-])c1ccc(NNc2ncnc(Nc3ccc(Oc4ccccc4)cc3)c2[N+](=O)[O-])cc1. The summed E-state index contributed by atoms with van der Waals surface area (Å²) in [6, 6.07) is 21.6. The predicted octanol–water partition coefficient (Wildman–Crippen LogP) is 5.27. The van der Waals surface area contributed by atoms with Crippen LogP contribution in [0.2, 0.25) is 0 Å². The summed E-state index contributed by atoms with van der Waals surface area (Å²) >= 11 is 0. The molecule has 1 aromatic heterocycles. The molecular weight excluding hydrogens is 442 g/mol. The minimum atomic E-state index is -0.616. The van der Waals surface area contributed by atoms with Crippen LogP contribution in [0.5, 0.6) is 11.5 Å². The third-order valence-electron chi connectivity index (χ3n) is 4.50. The Morgan fingerprint density at radius 1 is 0.676 bits per heavy atom. The first-order valence-electron chi connectivity index (χ1n) is 9.85. The molecule has 0 amide bonds. The lowest BCUT2D eigenvalue weighted by atomic mass is 10.3. The first-order valence-corrected chi connectivity index (χ1v) is 9.85. The molecule has 4 rings (SSSR count). The molecule has 3 N–H and O–H groups in total. The average Bonchev–Trinajstić information content (AvgIpc) is 2.85. The van der Waals surface area contributed by atoms with Crippen molar-refractivity contribution in [1.29, 1.82) is 0 Å². The number of para-hydroxylation sites is 1. The van der Waals surface area contributed by atoms with Gasteiger partial charge in [0.25, 0.3) is 5.69 Å². The van der Waals surface area contributed by atoms with Crippen molar-refractivity contribution in [3.63, 3.8) is 0 Å². The lowest BCUT2D eigenvalue weighted by molar-refractivity contribution is -0.384. The Kier molecular flexibility index (Phi) is 6.40. The summed E-state index contributed by atoms with van der Waals surface area (Å²) in [6.45, 7) is 0. The van der Waals surface area contributed by atoms with E-state index in [4.69, 9.17) is 4.74 Å². The third-order valence-corrected chi connectivity index (χ3v) is 4.50. The first kappa shape index (κ1) is 22.0. The quantitative estimate of drug-likeness (QED) is 0.222. The van der Waals surface area contributed by atoms with Gasteiger partial charge in [-0.2, -0.15) is 0 Å². The van der Waals surface area contributed by atoms with Crippen LogP contribution in [0.25, 0.3) is 0 Å². The van der Waals surface area contributed by atoms with Crippen molar-refractivity contribution in [2.75, 3.05) is 16.2 Å². The van der Waals surface area contributed by atoms with E-state index in [1.165, 1.54) is 30.6 Å². The number of nitrogens with zero attached hydrogens (tertiary/aromatic N) is 4. The first-order chi connectivity index (χ1) is 16.5. The fourth-order valence-corrected chi connectivity index (χ4v) is 2.90. The summed E-state index contributed by atoms with van der Waals surface area (Å²) in [6.07, 6.45) is 1.17. The molecule has 12 nitrogen and oxygen atoms in total. The number of hydrogen-bond donors (Lipinski definition) is 3. The molecule has 170 valence electrons. The molecule has 0 saturated heterocycles. The van der Waals surface area contributed by atoms with E-state index in [2.05, 4.69) is 26.1 Å². The lowest BCUT2D eigenvalue weighted by Crippen LogP contribution is -2.13. The van der Waals surface area contributed by atoms with Crippen LogP contribution in [0.1, 0.15) is 0 Å². The Morgan fingerprint density at radius 2 is 1.29 bits per heavy atom. The monoisotopic (exact) mass is 459 g/mol. The van der Waals surface area contributed by atoms with Gasteiger partial charge in [-0.1, -0.05) is 18.2 Å². The van der Waals surface area contributed by atoms with Crippen molar-refractivity contribution in [1.82, 2.24) is 9.97 Å². The summed E-state index contributed by atoms with van der Waals surface area (Å²) < 4.78 is 5.74. The number of benzene rings is 3. The predicted molar refractivity (Wildman–Crippen MR) is 125 cm³/mol. The van der Waals surface area contributed by atoms with E-state index >= 15 is 0 Å². The molecule has 0 saturated carbocycles. The highest BCUT2D eigenvalue weighted by atomic mass is 16.6. The fraction of sp³-hybridized carbons (Fsp3) is 0. The maximum atomic E-state index is 11.7. The van der Waals surface area contributed by atoms with Crippen molar-refractivity contribution in [3.8, 4) is 11.5 Å². The van der Waals surface area contributed by atoms with Gasteiger partial charge in [-0.25, -0.2) is 9.97 Å². The summed E-state index contributed by atoms with van der Waals surface area (Å²) in [5.41, 5.74) is 5.91. The number of ether oxygens (including phenoxy) is 1. The molecule has 3 aromatic carbocycles. The van der Waals surface area contributed by atoms with Gasteiger partial charge in [0.1, 0.15) is 17.8 Å². The lowest BCUT2D eigenvalue weighted by Gasteiger charge is -2.12. The molecule has 1 heterocycles. The Balaban J connectivity index is 1.48. The van der Waals surface area contributed by atoms with Crippen LogP contribution in [0, 0.1) is 20.2 Å². The molecule has 0 fully saturated rings. The van der Waals surface area contributed by atoms with Crippen molar-refractivity contribution in [2.24, 2.45) is 0 Å². The zero-order chi connectivity index (χ0) is 23.9. The molecule has 0 radical (unpaired) electrons. The van der Waals surface area contributed by atoms with E-state index in [1.807, 2.05) is 30.3 Å². The van der Waals surface area contributed by atoms with Gasteiger partial charge in [-0.05, 0) is 48.5 Å². The smallest absolute Gasteiger partial charge is 0.355 e. The summed E-state index contributed by atoms with van der Waals surface area (Å²) in [5, 5.41) is 25.4. The van der Waals surface area contributed by atoms with Crippen LogP contribution in [-0.4, -0.2) is 19.8 Å². The van der Waals surface area contributed by atoms with Gasteiger partial charge >= 0.3 is 5.69 Å². The van der Waals surface area contributed by atoms with Gasteiger partial charge in [0, 0.05) is 17.8 Å². The van der Waals surface area contributed by atoms with E-state index in [9.17, 15) is 20.2 Å². The zero-order valence-corrected chi connectivity index (χ0v) is 17.4. The zero-order valence-electron chi connectivity index (χ0n) is 17.4. The number of nitrogens with one attached hydrogen (secondary N) is 3. The molecule has 0 bridgehead atoms. The van der Waals surface area contributed by atoms with Crippen LogP contribution in [0.4, 0.5) is 34.4 Å². The van der Waals surface area contributed by atoms with Crippen LogP contribution in [0.3, 0.4) is 0 Å². The Hall–Kier alpha value is -5.26. The number of anilines is 4. The molecule has 0 unspecified atom stereocenters. The Labute approximate surface area is 192 Å². The van der Waals surface area contributed by atoms with E-state index < -0.39 is 9.85 Å². The number of aromatic nitrogens is 2. The highest BCUT2D eigenvalue weighted by Crippen LogP contribution is 2.32. The van der Waals surface area contributed by atoms with Crippen molar-refractivity contribution < 1.29 is 14.6 Å². The summed E-state index contributed by atoms with van der Waals surface area (Å²) in [4.78, 5) is 29.3. The van der Waals surface area contributed by atoms with Crippen molar-refractivity contribution in [2.45, 2.75) is 0 Å². The van der Waals surface area contributed by atoms with Crippen molar-refractivity contribution in [3.05, 3.63) is 105 Å². The molecular formula is C22H17N7O5. The number of hydrogen-bond acceptors (Lipinski definition) is 10. The van der Waals surface area contributed by atoms with Gasteiger partial charge in [0.05, 0.1) is 15.5 Å². The number of non-ortho nitro benzene ring substituents is 1. The Bertz CT molecular complexity index is 1300. The second-order valence-electron chi connectivity index (χ2n) is 6.80. The highest BCUT2D eigenvalue weighted by molar-refractivity contribution is 5.74. The number of nitro benzene ring substituents is 1. The topological polar surface area (TPSA) is 157 Å². The molecule has 0 aliphatic rings. The fourth-order valence-electron chi connectivity index (χ4n) is 2.90. The maximum absolute atomic E-state index is 11.7. The van der Waals surface area contributed by atoms with Gasteiger partial charge in [-0.15, -0.1) is 0 Å². The average molecular weight is 459 g/mol. The van der Waals surface area contributed by atoms with E-state index in [0.717, 1.165) is 0 Å². The highest BCUT2D eigenvalue weighted by Gasteiger charge is 2.23. The van der Waals surface area contributed by atoms with Gasteiger partial charge in [0.15, 0.2) is 0 Å². The van der Waals surface area contributed by atoms with Crippen LogP contribution in [0.15, 0.2) is 85.2 Å². The van der Waals surface area contributed by atoms with Crippen LogP contribution < -0.4 is 20.9 Å². The maximum Gasteiger partial charge on any atom is 0.355 e. The minimum absolute atomic E-state index is 0.0234. The van der Waals surface area contributed by atoms with Gasteiger partial charge < -0.3 is 10.1 Å². The molecule has 34 heavy (non-hydrogen) atoms. The number of hydrazine groups is 1. The largest absolute Gasteiger partial charge is 0.457 e. The molecule has 0 aliphatic heterocycles. The third kappa shape index (κ3) is 5.31. The molecule has 4 aromatic rings. The number of rotatable bonds is 9. The standard InChI is InChI=1S/C22H17N7O5/c30-28(31)17-10-6-16(7-11-17)26-27-22-20(29(32)33)21(23-14-24-22)25-15-8-12-19(13-9-15)34-18-4-2-1-3-5-18/h1-14,26H,(H2,23,24,25,27).